The number of hydrogen-bond donors (Lipinski definition) is 3. The van der Waals surface area contributed by atoms with E-state index < -0.39 is 0 Å². The Morgan fingerprint density at radius 2 is 1.90 bits per heavy atom. The molecular weight excluding hydrogens is 266 g/mol. The third-order valence-electron chi connectivity index (χ3n) is 3.09. The molecule has 0 aliphatic rings. The molecule has 0 heterocycles. The summed E-state index contributed by atoms with van der Waals surface area (Å²) in [5.41, 5.74) is 8.74. The Balaban J connectivity index is 1.98. The fourth-order valence-electron chi connectivity index (χ4n) is 1.92. The standard InChI is InChI=1S/C16H17N3O2/c1-11-3-2-4-14(9-11)16(20)18-10-12-5-7-13(8-6-12)15(17)19-21/h2-9,21H,10H2,1H3,(H2,17,19)(H,18,20). The molecule has 0 saturated heterocycles. The van der Waals surface area contributed by atoms with E-state index in [2.05, 4.69) is 10.5 Å². The number of carbonyl (C=O) groups excluding carboxylic acids is 1. The molecule has 0 fully saturated rings. The summed E-state index contributed by atoms with van der Waals surface area (Å²) < 4.78 is 0. The van der Waals surface area contributed by atoms with Gasteiger partial charge in [0.2, 0.25) is 0 Å². The third kappa shape index (κ3) is 3.82. The molecule has 0 radical (unpaired) electrons. The number of hydrogen-bond acceptors (Lipinski definition) is 3. The van der Waals surface area contributed by atoms with Gasteiger partial charge in [-0.1, -0.05) is 47.1 Å². The molecule has 21 heavy (non-hydrogen) atoms. The first-order chi connectivity index (χ1) is 10.1. The van der Waals surface area contributed by atoms with Gasteiger partial charge in [-0.05, 0) is 24.6 Å². The zero-order valence-electron chi connectivity index (χ0n) is 11.7. The highest BCUT2D eigenvalue weighted by Crippen LogP contribution is 2.06. The highest BCUT2D eigenvalue weighted by molar-refractivity contribution is 5.97. The molecule has 2 aromatic rings. The molecule has 0 aliphatic carbocycles. The van der Waals surface area contributed by atoms with Crippen molar-refractivity contribution in [2.24, 2.45) is 10.9 Å². The van der Waals surface area contributed by atoms with E-state index in [9.17, 15) is 4.79 Å². The van der Waals surface area contributed by atoms with Gasteiger partial charge in [0.05, 0.1) is 0 Å². The number of amides is 1. The van der Waals surface area contributed by atoms with Crippen LogP contribution in [-0.2, 0) is 6.54 Å². The van der Waals surface area contributed by atoms with Gasteiger partial charge in [-0.25, -0.2) is 0 Å². The Hall–Kier alpha value is -2.82. The number of nitrogens with one attached hydrogen (secondary N) is 1. The number of nitrogens with two attached hydrogens (primary N) is 1. The number of oxime groups is 1. The Bertz CT molecular complexity index is 663. The highest BCUT2D eigenvalue weighted by Gasteiger charge is 2.05. The number of aryl methyl sites for hydroxylation is 1. The van der Waals surface area contributed by atoms with Gasteiger partial charge in [-0.15, -0.1) is 0 Å². The van der Waals surface area contributed by atoms with Crippen LogP contribution in [0.1, 0.15) is 27.0 Å². The molecule has 1 amide bonds. The predicted octanol–water partition coefficient (Wildman–Crippen LogP) is 2.02. The van der Waals surface area contributed by atoms with Crippen molar-refractivity contribution < 1.29 is 10.0 Å². The fraction of sp³-hybridized carbons (Fsp3) is 0.125. The summed E-state index contributed by atoms with van der Waals surface area (Å²) in [6.07, 6.45) is 0. The van der Waals surface area contributed by atoms with Crippen molar-refractivity contribution in [2.75, 3.05) is 0 Å². The zero-order chi connectivity index (χ0) is 15.2. The summed E-state index contributed by atoms with van der Waals surface area (Å²) in [6, 6.07) is 14.6. The molecule has 5 nitrogen and oxygen atoms in total. The maximum atomic E-state index is 12.0. The first kappa shape index (κ1) is 14.6. The van der Waals surface area contributed by atoms with Crippen LogP contribution in [-0.4, -0.2) is 17.0 Å². The van der Waals surface area contributed by atoms with Crippen LogP contribution in [0.3, 0.4) is 0 Å². The summed E-state index contributed by atoms with van der Waals surface area (Å²) in [7, 11) is 0. The number of nitrogens with zero attached hydrogens (tertiary/aromatic N) is 1. The lowest BCUT2D eigenvalue weighted by Crippen LogP contribution is -2.22. The summed E-state index contributed by atoms with van der Waals surface area (Å²) >= 11 is 0. The first-order valence-corrected chi connectivity index (χ1v) is 6.52. The zero-order valence-corrected chi connectivity index (χ0v) is 11.7. The van der Waals surface area contributed by atoms with Crippen molar-refractivity contribution in [1.82, 2.24) is 5.32 Å². The van der Waals surface area contributed by atoms with Gasteiger partial charge in [-0.2, -0.15) is 0 Å². The van der Waals surface area contributed by atoms with E-state index in [1.165, 1.54) is 0 Å². The molecule has 4 N–H and O–H groups in total. The number of amidine groups is 1. The van der Waals surface area contributed by atoms with Crippen LogP contribution in [0.4, 0.5) is 0 Å². The smallest absolute Gasteiger partial charge is 0.251 e. The number of benzene rings is 2. The quantitative estimate of drug-likeness (QED) is 0.347. The van der Waals surface area contributed by atoms with Crippen molar-refractivity contribution in [2.45, 2.75) is 13.5 Å². The minimum Gasteiger partial charge on any atom is -0.409 e. The van der Waals surface area contributed by atoms with E-state index in [1.54, 1.807) is 18.2 Å². The van der Waals surface area contributed by atoms with Crippen LogP contribution in [0.15, 0.2) is 53.7 Å². The van der Waals surface area contributed by atoms with Crippen LogP contribution >= 0.6 is 0 Å². The molecule has 0 aromatic heterocycles. The second kappa shape index (κ2) is 6.56. The monoisotopic (exact) mass is 283 g/mol. The molecular formula is C16H17N3O2. The largest absolute Gasteiger partial charge is 0.409 e. The predicted molar refractivity (Wildman–Crippen MR) is 81.3 cm³/mol. The van der Waals surface area contributed by atoms with E-state index in [4.69, 9.17) is 10.9 Å². The Kier molecular flexibility index (Phi) is 4.56. The van der Waals surface area contributed by atoms with Gasteiger partial charge in [0.25, 0.3) is 5.91 Å². The van der Waals surface area contributed by atoms with Gasteiger partial charge >= 0.3 is 0 Å². The van der Waals surface area contributed by atoms with Gasteiger partial charge in [0.15, 0.2) is 5.84 Å². The number of carbonyl (C=O) groups is 1. The van der Waals surface area contributed by atoms with Crippen LogP contribution in [0.2, 0.25) is 0 Å². The fourth-order valence-corrected chi connectivity index (χ4v) is 1.92. The van der Waals surface area contributed by atoms with Crippen molar-refractivity contribution in [3.8, 4) is 0 Å². The van der Waals surface area contributed by atoms with Crippen molar-refractivity contribution in [3.63, 3.8) is 0 Å². The minimum absolute atomic E-state index is 0.0605. The van der Waals surface area contributed by atoms with Crippen LogP contribution in [0.5, 0.6) is 0 Å². The first-order valence-electron chi connectivity index (χ1n) is 6.52. The second-order valence-corrected chi connectivity index (χ2v) is 4.73. The van der Waals surface area contributed by atoms with E-state index >= 15 is 0 Å². The lowest BCUT2D eigenvalue weighted by Gasteiger charge is -2.07. The van der Waals surface area contributed by atoms with Crippen molar-refractivity contribution in [1.29, 1.82) is 0 Å². The molecule has 0 aliphatic heterocycles. The van der Waals surface area contributed by atoms with Crippen molar-refractivity contribution >= 4 is 11.7 Å². The van der Waals surface area contributed by atoms with E-state index in [0.29, 0.717) is 17.7 Å². The Labute approximate surface area is 123 Å². The normalized spacial score (nSPS) is 11.2. The summed E-state index contributed by atoms with van der Waals surface area (Å²) in [5, 5.41) is 14.4. The summed E-state index contributed by atoms with van der Waals surface area (Å²) in [5.74, 6) is -0.0513. The topological polar surface area (TPSA) is 87.7 Å². The maximum Gasteiger partial charge on any atom is 0.251 e. The molecule has 0 unspecified atom stereocenters. The molecule has 5 heteroatoms. The van der Waals surface area contributed by atoms with Gasteiger partial charge in [-0.3, -0.25) is 4.79 Å². The van der Waals surface area contributed by atoms with Crippen LogP contribution in [0.25, 0.3) is 0 Å². The van der Waals surface area contributed by atoms with Gasteiger partial charge in [0.1, 0.15) is 0 Å². The maximum absolute atomic E-state index is 12.0. The summed E-state index contributed by atoms with van der Waals surface area (Å²) in [4.78, 5) is 12.0. The Morgan fingerprint density at radius 3 is 2.52 bits per heavy atom. The molecule has 0 bridgehead atoms. The third-order valence-corrected chi connectivity index (χ3v) is 3.09. The second-order valence-electron chi connectivity index (χ2n) is 4.73. The average Bonchev–Trinajstić information content (AvgIpc) is 2.52. The SMILES string of the molecule is Cc1cccc(C(=O)NCc2ccc(C(N)=NO)cc2)c1. The average molecular weight is 283 g/mol. The van der Waals surface area contributed by atoms with E-state index in [-0.39, 0.29) is 11.7 Å². The molecule has 108 valence electrons. The molecule has 0 atom stereocenters. The highest BCUT2D eigenvalue weighted by atomic mass is 16.4. The van der Waals surface area contributed by atoms with Gasteiger partial charge < -0.3 is 16.3 Å². The lowest BCUT2D eigenvalue weighted by molar-refractivity contribution is 0.0951. The van der Waals surface area contributed by atoms with E-state index in [1.807, 2.05) is 37.3 Å². The summed E-state index contributed by atoms with van der Waals surface area (Å²) in [6.45, 7) is 2.37. The van der Waals surface area contributed by atoms with Crippen LogP contribution < -0.4 is 11.1 Å². The lowest BCUT2D eigenvalue weighted by atomic mass is 10.1. The molecule has 2 aromatic carbocycles. The van der Waals surface area contributed by atoms with Crippen LogP contribution in [0, 0.1) is 6.92 Å². The van der Waals surface area contributed by atoms with E-state index in [0.717, 1.165) is 11.1 Å². The number of rotatable bonds is 4. The molecule has 0 saturated carbocycles. The Morgan fingerprint density at radius 1 is 1.19 bits per heavy atom. The molecule has 0 spiro atoms. The molecule has 2 rings (SSSR count). The van der Waals surface area contributed by atoms with Gasteiger partial charge in [0, 0.05) is 17.7 Å². The minimum atomic E-state index is -0.112. The van der Waals surface area contributed by atoms with Crippen molar-refractivity contribution in [3.05, 3.63) is 70.8 Å².